The van der Waals surface area contributed by atoms with E-state index >= 15 is 0 Å². The van der Waals surface area contributed by atoms with Gasteiger partial charge in [0.25, 0.3) is 0 Å². The van der Waals surface area contributed by atoms with Gasteiger partial charge in [0.2, 0.25) is 0 Å². The Kier molecular flexibility index (Phi) is 5.39. The fourth-order valence-corrected chi connectivity index (χ4v) is 2.94. The number of carbonyl (C=O) groups is 1. The minimum absolute atomic E-state index is 0.000274. The molecule has 5 nitrogen and oxygen atoms in total. The van der Waals surface area contributed by atoms with Gasteiger partial charge in [0, 0.05) is 6.42 Å². The van der Waals surface area contributed by atoms with Crippen LogP contribution in [0.4, 0.5) is 0 Å². The minimum Gasteiger partial charge on any atom is -0.494 e. The summed E-state index contributed by atoms with van der Waals surface area (Å²) in [6.45, 7) is 4.05. The molecule has 0 saturated heterocycles. The number of ketones is 1. The maximum atomic E-state index is 12.4. The summed E-state index contributed by atoms with van der Waals surface area (Å²) in [7, 11) is -4.02. The number of carbonyl (C=O) groups excluding carboxylic acids is 1. The summed E-state index contributed by atoms with van der Waals surface area (Å²) in [4.78, 5) is 11.9. The van der Waals surface area contributed by atoms with Crippen LogP contribution in [0.1, 0.15) is 30.6 Å². The van der Waals surface area contributed by atoms with E-state index in [1.54, 1.807) is 37.3 Å². The molecule has 2 rings (SSSR count). The molecular formula is C17H18O5S. The molecule has 0 amide bonds. The Labute approximate surface area is 136 Å². The molecule has 0 spiro atoms. The van der Waals surface area contributed by atoms with Gasteiger partial charge in [-0.2, -0.15) is 8.42 Å². The lowest BCUT2D eigenvalue weighted by Gasteiger charge is -2.11. The molecule has 2 aromatic carbocycles. The van der Waals surface area contributed by atoms with E-state index in [0.717, 1.165) is 0 Å². The first-order valence-corrected chi connectivity index (χ1v) is 8.68. The zero-order chi connectivity index (χ0) is 16.9. The Morgan fingerprint density at radius 1 is 1.00 bits per heavy atom. The first-order valence-electron chi connectivity index (χ1n) is 7.27. The monoisotopic (exact) mass is 334 g/mol. The summed E-state index contributed by atoms with van der Waals surface area (Å²) in [5, 5.41) is 0. The number of para-hydroxylation sites is 1. The van der Waals surface area contributed by atoms with Crippen molar-refractivity contribution in [2.24, 2.45) is 0 Å². The Hall–Kier alpha value is -2.34. The van der Waals surface area contributed by atoms with Gasteiger partial charge in [0.15, 0.2) is 11.5 Å². The van der Waals surface area contributed by atoms with E-state index in [1.165, 1.54) is 18.2 Å². The lowest BCUT2D eigenvalue weighted by Crippen LogP contribution is -2.12. The van der Waals surface area contributed by atoms with E-state index in [9.17, 15) is 13.2 Å². The van der Waals surface area contributed by atoms with Crippen LogP contribution in [0.5, 0.6) is 11.5 Å². The maximum absolute atomic E-state index is 12.4. The minimum atomic E-state index is -4.02. The van der Waals surface area contributed by atoms with Gasteiger partial charge in [-0.1, -0.05) is 19.1 Å². The molecule has 0 radical (unpaired) electrons. The third-order valence-electron chi connectivity index (χ3n) is 3.13. The molecule has 0 saturated carbocycles. The SMILES string of the molecule is CCOc1ccc(S(=O)(=O)Oc2ccccc2C(=O)CC)cc1. The molecule has 2 aromatic rings. The lowest BCUT2D eigenvalue weighted by atomic mass is 10.1. The second kappa shape index (κ2) is 7.28. The average molecular weight is 334 g/mol. The van der Waals surface area contributed by atoms with E-state index in [-0.39, 0.29) is 28.4 Å². The van der Waals surface area contributed by atoms with E-state index in [0.29, 0.717) is 12.4 Å². The van der Waals surface area contributed by atoms with E-state index < -0.39 is 10.1 Å². The highest BCUT2D eigenvalue weighted by Gasteiger charge is 2.20. The highest BCUT2D eigenvalue weighted by molar-refractivity contribution is 7.87. The number of Topliss-reactive ketones (excluding diaryl/α,β-unsaturated/α-hetero) is 1. The molecule has 0 aliphatic heterocycles. The van der Waals surface area contributed by atoms with Crippen molar-refractivity contribution in [1.82, 2.24) is 0 Å². The van der Waals surface area contributed by atoms with Gasteiger partial charge in [0.05, 0.1) is 12.2 Å². The van der Waals surface area contributed by atoms with E-state index in [2.05, 4.69) is 0 Å². The van der Waals surface area contributed by atoms with Crippen molar-refractivity contribution in [3.05, 3.63) is 54.1 Å². The maximum Gasteiger partial charge on any atom is 0.339 e. The molecule has 0 unspecified atom stereocenters. The smallest absolute Gasteiger partial charge is 0.339 e. The molecule has 6 heteroatoms. The summed E-state index contributed by atoms with van der Waals surface area (Å²) >= 11 is 0. The molecule has 0 aliphatic rings. The van der Waals surface area contributed by atoms with Crippen molar-refractivity contribution in [2.75, 3.05) is 6.61 Å². The number of rotatable bonds is 7. The van der Waals surface area contributed by atoms with Crippen LogP contribution in [0.15, 0.2) is 53.4 Å². The second-order valence-corrected chi connectivity index (χ2v) is 6.26. The fourth-order valence-electron chi connectivity index (χ4n) is 2.00. The second-order valence-electron chi connectivity index (χ2n) is 4.71. The van der Waals surface area contributed by atoms with Gasteiger partial charge in [-0.25, -0.2) is 0 Å². The lowest BCUT2D eigenvalue weighted by molar-refractivity contribution is 0.0986. The Balaban J connectivity index is 2.30. The number of hydrogen-bond donors (Lipinski definition) is 0. The highest BCUT2D eigenvalue weighted by atomic mass is 32.2. The van der Waals surface area contributed by atoms with Crippen molar-refractivity contribution >= 4 is 15.9 Å². The van der Waals surface area contributed by atoms with Crippen LogP contribution >= 0.6 is 0 Å². The molecule has 0 heterocycles. The van der Waals surface area contributed by atoms with E-state index in [4.69, 9.17) is 8.92 Å². The summed E-state index contributed by atoms with van der Waals surface area (Å²) in [6.07, 6.45) is 0.267. The van der Waals surface area contributed by atoms with Crippen LogP contribution in [0.25, 0.3) is 0 Å². The first kappa shape index (κ1) is 17.0. The third kappa shape index (κ3) is 4.10. The van der Waals surface area contributed by atoms with Crippen LogP contribution in [0.3, 0.4) is 0 Å². The molecule has 122 valence electrons. The molecule has 0 aromatic heterocycles. The molecule has 0 N–H and O–H groups in total. The van der Waals surface area contributed by atoms with Crippen LogP contribution in [-0.2, 0) is 10.1 Å². The fraction of sp³-hybridized carbons (Fsp3) is 0.235. The molecule has 0 atom stereocenters. The van der Waals surface area contributed by atoms with Crippen LogP contribution in [0, 0.1) is 0 Å². The van der Waals surface area contributed by atoms with Gasteiger partial charge >= 0.3 is 10.1 Å². The van der Waals surface area contributed by atoms with Gasteiger partial charge in [-0.3, -0.25) is 4.79 Å². The van der Waals surface area contributed by atoms with Crippen LogP contribution in [-0.4, -0.2) is 20.8 Å². The Morgan fingerprint density at radius 2 is 1.65 bits per heavy atom. The van der Waals surface area contributed by atoms with E-state index in [1.807, 2.05) is 6.92 Å². The summed E-state index contributed by atoms with van der Waals surface area (Å²) in [5.41, 5.74) is 0.254. The molecule has 23 heavy (non-hydrogen) atoms. The van der Waals surface area contributed by atoms with Crippen LogP contribution < -0.4 is 8.92 Å². The third-order valence-corrected chi connectivity index (χ3v) is 4.38. The van der Waals surface area contributed by atoms with Gasteiger partial charge in [-0.15, -0.1) is 0 Å². The molecule has 0 bridgehead atoms. The van der Waals surface area contributed by atoms with Crippen molar-refractivity contribution in [3.63, 3.8) is 0 Å². The Morgan fingerprint density at radius 3 is 2.26 bits per heavy atom. The zero-order valence-corrected chi connectivity index (χ0v) is 13.8. The first-order chi connectivity index (χ1) is 11.0. The Bertz CT molecular complexity index is 779. The van der Waals surface area contributed by atoms with Gasteiger partial charge < -0.3 is 8.92 Å². The van der Waals surface area contributed by atoms with Crippen molar-refractivity contribution in [3.8, 4) is 11.5 Å². The number of ether oxygens (including phenoxy) is 1. The highest BCUT2D eigenvalue weighted by Crippen LogP contribution is 2.25. The molecule has 0 fully saturated rings. The molecular weight excluding hydrogens is 316 g/mol. The summed E-state index contributed by atoms with van der Waals surface area (Å²) in [5.74, 6) is 0.434. The number of hydrogen-bond acceptors (Lipinski definition) is 5. The van der Waals surface area contributed by atoms with Crippen molar-refractivity contribution in [2.45, 2.75) is 25.2 Å². The predicted molar refractivity (Wildman–Crippen MR) is 86.5 cm³/mol. The largest absolute Gasteiger partial charge is 0.494 e. The predicted octanol–water partition coefficient (Wildman–Crippen LogP) is 3.45. The standard InChI is InChI=1S/C17H18O5S/c1-3-16(18)15-7-5-6-8-17(15)22-23(19,20)14-11-9-13(10-12-14)21-4-2/h5-12H,3-4H2,1-2H3. The average Bonchev–Trinajstić information content (AvgIpc) is 2.55. The topological polar surface area (TPSA) is 69.7 Å². The normalized spacial score (nSPS) is 11.0. The molecule has 0 aliphatic carbocycles. The van der Waals surface area contributed by atoms with Crippen molar-refractivity contribution < 1.29 is 22.1 Å². The summed E-state index contributed by atoms with van der Waals surface area (Å²) in [6, 6.07) is 12.2. The van der Waals surface area contributed by atoms with Crippen LogP contribution in [0.2, 0.25) is 0 Å². The van der Waals surface area contributed by atoms with Crippen molar-refractivity contribution in [1.29, 1.82) is 0 Å². The zero-order valence-electron chi connectivity index (χ0n) is 13.0. The quantitative estimate of drug-likeness (QED) is 0.573. The summed E-state index contributed by atoms with van der Waals surface area (Å²) < 4.78 is 35.1. The van der Waals surface area contributed by atoms with Gasteiger partial charge in [-0.05, 0) is 43.3 Å². The number of benzene rings is 2. The van der Waals surface area contributed by atoms with Gasteiger partial charge in [0.1, 0.15) is 10.6 Å².